The second-order valence-electron chi connectivity index (χ2n) is 3.47. The first-order chi connectivity index (χ1) is 7.17. The fourth-order valence-electron chi connectivity index (χ4n) is 1.61. The highest BCUT2D eigenvalue weighted by Crippen LogP contribution is 2.45. The van der Waals surface area contributed by atoms with Crippen LogP contribution in [0, 0.1) is 5.92 Å². The first-order valence-corrected chi connectivity index (χ1v) is 4.73. The van der Waals surface area contributed by atoms with E-state index >= 15 is 0 Å². The van der Waals surface area contributed by atoms with Crippen molar-refractivity contribution in [2.75, 3.05) is 13.7 Å². The van der Waals surface area contributed by atoms with Crippen molar-refractivity contribution in [1.82, 2.24) is 5.48 Å². The van der Waals surface area contributed by atoms with Gasteiger partial charge >= 0.3 is 0 Å². The summed E-state index contributed by atoms with van der Waals surface area (Å²) in [4.78, 5) is 18.9. The summed E-state index contributed by atoms with van der Waals surface area (Å²) < 4.78 is 5.23. The molecule has 0 aromatic carbocycles. The van der Waals surface area contributed by atoms with Crippen molar-refractivity contribution in [3.8, 4) is 0 Å². The molecule has 1 saturated carbocycles. The molecule has 0 radical (unpaired) electrons. The number of carbonyl (C=O) groups excluding carboxylic acids is 2. The van der Waals surface area contributed by atoms with Crippen LogP contribution in [0.1, 0.15) is 19.3 Å². The molecule has 1 spiro atoms. The SMILES string of the molecule is CNO.NC=O.O=CC1CCC2(CO2)C1. The maximum Gasteiger partial charge on any atom is 0.204 e. The maximum absolute atomic E-state index is 10.3. The number of nitrogens with one attached hydrogen (secondary N) is 1. The number of nitrogens with two attached hydrogens (primary N) is 1. The number of aldehydes is 1. The Balaban J connectivity index is 0.000000280. The second kappa shape index (κ2) is 7.33. The first-order valence-electron chi connectivity index (χ1n) is 4.73. The van der Waals surface area contributed by atoms with Gasteiger partial charge in [-0.3, -0.25) is 4.79 Å². The lowest BCUT2D eigenvalue weighted by molar-refractivity contribution is -0.111. The highest BCUT2D eigenvalue weighted by molar-refractivity contribution is 5.54. The number of hydroxylamine groups is 1. The van der Waals surface area contributed by atoms with Crippen molar-refractivity contribution < 1.29 is 19.5 Å². The molecular formula is C9H18N2O4. The number of amides is 1. The number of rotatable bonds is 1. The van der Waals surface area contributed by atoms with Crippen molar-refractivity contribution in [2.45, 2.75) is 24.9 Å². The Morgan fingerprint density at radius 1 is 1.60 bits per heavy atom. The molecule has 88 valence electrons. The average Bonchev–Trinajstić information content (AvgIpc) is 2.80. The Kier molecular flexibility index (Phi) is 6.85. The largest absolute Gasteiger partial charge is 0.372 e. The van der Waals surface area contributed by atoms with E-state index in [4.69, 9.17) is 14.7 Å². The minimum Gasteiger partial charge on any atom is -0.372 e. The second-order valence-corrected chi connectivity index (χ2v) is 3.47. The van der Waals surface area contributed by atoms with E-state index in [1.54, 1.807) is 5.48 Å². The van der Waals surface area contributed by atoms with E-state index in [-0.39, 0.29) is 12.0 Å². The Morgan fingerprint density at radius 3 is 2.27 bits per heavy atom. The Morgan fingerprint density at radius 2 is 2.07 bits per heavy atom. The number of epoxide rings is 1. The van der Waals surface area contributed by atoms with Gasteiger partial charge in [0.2, 0.25) is 6.41 Å². The molecule has 2 fully saturated rings. The summed E-state index contributed by atoms with van der Waals surface area (Å²) in [6.07, 6.45) is 4.45. The van der Waals surface area contributed by atoms with Crippen molar-refractivity contribution in [3.05, 3.63) is 0 Å². The summed E-state index contributed by atoms with van der Waals surface area (Å²) in [5.74, 6) is 0.299. The van der Waals surface area contributed by atoms with E-state index in [0.717, 1.165) is 32.2 Å². The molecule has 1 aliphatic carbocycles. The van der Waals surface area contributed by atoms with E-state index in [1.807, 2.05) is 0 Å². The molecule has 6 heteroatoms. The van der Waals surface area contributed by atoms with Crippen LogP contribution in [0.25, 0.3) is 0 Å². The molecule has 1 aliphatic heterocycles. The van der Waals surface area contributed by atoms with Crippen LogP contribution in [0.2, 0.25) is 0 Å². The lowest BCUT2D eigenvalue weighted by Gasteiger charge is -1.96. The van der Waals surface area contributed by atoms with Crippen LogP contribution < -0.4 is 11.2 Å². The predicted molar refractivity (Wildman–Crippen MR) is 53.2 cm³/mol. The van der Waals surface area contributed by atoms with Gasteiger partial charge in [0.25, 0.3) is 0 Å². The lowest BCUT2D eigenvalue weighted by Crippen LogP contribution is -2.04. The molecular weight excluding hydrogens is 200 g/mol. The number of hydrogen-bond acceptors (Lipinski definition) is 5. The van der Waals surface area contributed by atoms with Crippen molar-refractivity contribution >= 4 is 12.7 Å². The molecule has 2 rings (SSSR count). The van der Waals surface area contributed by atoms with Gasteiger partial charge in [-0.15, -0.1) is 0 Å². The molecule has 0 aromatic heterocycles. The minimum atomic E-state index is 0.186. The fourth-order valence-corrected chi connectivity index (χ4v) is 1.61. The van der Waals surface area contributed by atoms with E-state index in [2.05, 4.69) is 5.73 Å². The average molecular weight is 218 g/mol. The molecule has 4 N–H and O–H groups in total. The maximum atomic E-state index is 10.3. The lowest BCUT2D eigenvalue weighted by atomic mass is 10.1. The zero-order valence-electron chi connectivity index (χ0n) is 8.81. The molecule has 6 nitrogen and oxygen atoms in total. The van der Waals surface area contributed by atoms with Crippen LogP contribution in [0.5, 0.6) is 0 Å². The quantitative estimate of drug-likeness (QED) is 0.311. The summed E-state index contributed by atoms with van der Waals surface area (Å²) in [7, 11) is 1.43. The van der Waals surface area contributed by atoms with Crippen LogP contribution in [-0.4, -0.2) is 37.2 Å². The van der Waals surface area contributed by atoms with Crippen LogP contribution in [0.4, 0.5) is 0 Å². The van der Waals surface area contributed by atoms with Crippen LogP contribution >= 0.6 is 0 Å². The van der Waals surface area contributed by atoms with E-state index < -0.39 is 0 Å². The minimum absolute atomic E-state index is 0.186. The predicted octanol–water partition coefficient (Wildman–Crippen LogP) is -0.549. The molecule has 1 heterocycles. The summed E-state index contributed by atoms with van der Waals surface area (Å²) in [5, 5.41) is 7.32. The zero-order valence-corrected chi connectivity index (χ0v) is 8.81. The summed E-state index contributed by atoms with van der Waals surface area (Å²) in [6.45, 7) is 0.900. The van der Waals surface area contributed by atoms with Crippen LogP contribution in [0.3, 0.4) is 0 Å². The first kappa shape index (κ1) is 14.0. The molecule has 0 bridgehead atoms. The van der Waals surface area contributed by atoms with Crippen LogP contribution in [0.15, 0.2) is 0 Å². The Labute approximate surface area is 88.7 Å². The summed E-state index contributed by atoms with van der Waals surface area (Å²) in [5.41, 5.74) is 6.10. The van der Waals surface area contributed by atoms with Gasteiger partial charge in [0.05, 0.1) is 12.2 Å². The number of hydrogen-bond donors (Lipinski definition) is 3. The van der Waals surface area contributed by atoms with Gasteiger partial charge in [0, 0.05) is 13.0 Å². The number of carbonyl (C=O) groups is 2. The summed E-state index contributed by atoms with van der Waals surface area (Å²) >= 11 is 0. The third-order valence-corrected chi connectivity index (χ3v) is 2.35. The molecule has 15 heavy (non-hydrogen) atoms. The van der Waals surface area contributed by atoms with Gasteiger partial charge in [-0.05, 0) is 19.3 Å². The van der Waals surface area contributed by atoms with Crippen molar-refractivity contribution in [1.29, 1.82) is 0 Å². The molecule has 1 saturated heterocycles. The van der Waals surface area contributed by atoms with Gasteiger partial charge < -0.3 is 20.5 Å². The van der Waals surface area contributed by atoms with Gasteiger partial charge in [-0.25, -0.2) is 5.48 Å². The topological polar surface area (TPSA) is 105 Å². The normalized spacial score (nSPS) is 30.7. The standard InChI is InChI=1S/C7H10O2.CH5NO.CH3NO/c8-4-6-1-2-7(3-6)5-9-7;1-2-3;2-1-3/h4,6H,1-3,5H2;2-3H,1H3;1H,(H2,2,3). The number of ether oxygens (including phenoxy) is 1. The molecule has 1 amide bonds. The van der Waals surface area contributed by atoms with E-state index in [0.29, 0.717) is 5.92 Å². The molecule has 2 aliphatic rings. The van der Waals surface area contributed by atoms with E-state index in [9.17, 15) is 4.79 Å². The third kappa shape index (κ3) is 5.46. The third-order valence-electron chi connectivity index (χ3n) is 2.35. The van der Waals surface area contributed by atoms with Crippen molar-refractivity contribution in [2.24, 2.45) is 11.7 Å². The summed E-state index contributed by atoms with van der Waals surface area (Å²) in [6, 6.07) is 0. The fraction of sp³-hybridized carbons (Fsp3) is 0.778. The highest BCUT2D eigenvalue weighted by Gasteiger charge is 2.50. The highest BCUT2D eigenvalue weighted by atomic mass is 16.6. The smallest absolute Gasteiger partial charge is 0.204 e. The monoisotopic (exact) mass is 218 g/mol. The van der Waals surface area contributed by atoms with Gasteiger partial charge in [0.1, 0.15) is 6.29 Å². The molecule has 2 atom stereocenters. The Bertz CT molecular complexity index is 195. The number of primary amides is 1. The van der Waals surface area contributed by atoms with Gasteiger partial charge in [0.15, 0.2) is 0 Å². The zero-order chi connectivity index (χ0) is 11.7. The Hall–Kier alpha value is -0.980. The molecule has 0 aromatic rings. The van der Waals surface area contributed by atoms with Crippen molar-refractivity contribution in [3.63, 3.8) is 0 Å². The van der Waals surface area contributed by atoms with Gasteiger partial charge in [-0.1, -0.05) is 0 Å². The molecule has 2 unspecified atom stereocenters. The van der Waals surface area contributed by atoms with E-state index in [1.165, 1.54) is 7.05 Å². The van der Waals surface area contributed by atoms with Gasteiger partial charge in [-0.2, -0.15) is 0 Å². The van der Waals surface area contributed by atoms with Crippen LogP contribution in [-0.2, 0) is 14.3 Å².